The highest BCUT2D eigenvalue weighted by atomic mass is 32.2. The molecule has 0 spiro atoms. The molecule has 0 saturated heterocycles. The predicted octanol–water partition coefficient (Wildman–Crippen LogP) is 0.877. The molecule has 8 nitrogen and oxygen atoms in total. The van der Waals surface area contributed by atoms with Crippen LogP contribution < -0.4 is 10.0 Å². The van der Waals surface area contributed by atoms with Gasteiger partial charge >= 0.3 is 5.97 Å². The van der Waals surface area contributed by atoms with Crippen LogP contribution in [0.3, 0.4) is 0 Å². The molecular formula is C12H15N3O5S. The standard InChI is InChI=1S/C12H15N3O5S/c1-2-14-21(18,19)6-5-13-12-15-9-4-3-8(11(16)17)7-10(9)20-12/h3-4,7,14H,2,5-6H2,1H3,(H,13,15)(H,16,17). The first kappa shape index (κ1) is 15.3. The zero-order valence-corrected chi connectivity index (χ0v) is 12.1. The minimum absolute atomic E-state index is 0.0972. The van der Waals surface area contributed by atoms with Crippen LogP contribution in [0.15, 0.2) is 22.6 Å². The third-order valence-electron chi connectivity index (χ3n) is 2.65. The van der Waals surface area contributed by atoms with E-state index in [0.717, 1.165) is 0 Å². The van der Waals surface area contributed by atoms with Crippen LogP contribution in [0.1, 0.15) is 17.3 Å². The molecule has 0 bridgehead atoms. The summed E-state index contributed by atoms with van der Waals surface area (Å²) in [6, 6.07) is 4.47. The Morgan fingerprint density at radius 3 is 2.86 bits per heavy atom. The molecule has 2 rings (SSSR count). The zero-order chi connectivity index (χ0) is 15.5. The quantitative estimate of drug-likeness (QED) is 0.693. The summed E-state index contributed by atoms with van der Waals surface area (Å²) in [5, 5.41) is 11.6. The van der Waals surface area contributed by atoms with Crippen LogP contribution in [0.4, 0.5) is 6.01 Å². The lowest BCUT2D eigenvalue weighted by atomic mass is 10.2. The number of hydrogen-bond donors (Lipinski definition) is 3. The molecular weight excluding hydrogens is 298 g/mol. The van der Waals surface area contributed by atoms with Gasteiger partial charge in [0.05, 0.1) is 11.3 Å². The summed E-state index contributed by atoms with van der Waals surface area (Å²) in [7, 11) is -3.31. The zero-order valence-electron chi connectivity index (χ0n) is 11.3. The highest BCUT2D eigenvalue weighted by Crippen LogP contribution is 2.20. The fourth-order valence-electron chi connectivity index (χ4n) is 1.72. The summed E-state index contributed by atoms with van der Waals surface area (Å²) in [5.41, 5.74) is 0.920. The molecule has 0 radical (unpaired) electrons. The molecule has 0 fully saturated rings. The lowest BCUT2D eigenvalue weighted by Gasteiger charge is -2.04. The number of aromatic nitrogens is 1. The molecule has 1 heterocycles. The largest absolute Gasteiger partial charge is 0.478 e. The summed E-state index contributed by atoms with van der Waals surface area (Å²) >= 11 is 0. The summed E-state index contributed by atoms with van der Waals surface area (Å²) in [6.07, 6.45) is 0. The molecule has 2 aromatic rings. The number of oxazole rings is 1. The Kier molecular flexibility index (Phi) is 4.43. The number of fused-ring (bicyclic) bond motifs is 1. The van der Waals surface area contributed by atoms with Gasteiger partial charge in [-0.25, -0.2) is 17.9 Å². The molecule has 9 heteroatoms. The number of hydrogen-bond acceptors (Lipinski definition) is 6. The Hall–Kier alpha value is -2.13. The third-order valence-corrected chi connectivity index (χ3v) is 4.12. The number of anilines is 1. The SMILES string of the molecule is CCNS(=O)(=O)CCNc1nc2ccc(C(=O)O)cc2o1. The number of aromatic carboxylic acids is 1. The molecule has 21 heavy (non-hydrogen) atoms. The van der Waals surface area contributed by atoms with E-state index in [0.29, 0.717) is 17.6 Å². The summed E-state index contributed by atoms with van der Waals surface area (Å²) in [6.45, 7) is 2.17. The third kappa shape index (κ3) is 3.92. The van der Waals surface area contributed by atoms with Gasteiger partial charge in [-0.1, -0.05) is 6.92 Å². The number of carboxylic acid groups (broad SMARTS) is 1. The van der Waals surface area contributed by atoms with Gasteiger partial charge in [-0.3, -0.25) is 0 Å². The van der Waals surface area contributed by atoms with Crippen LogP contribution in [-0.4, -0.2) is 43.3 Å². The van der Waals surface area contributed by atoms with Crippen LogP contribution in [0.25, 0.3) is 11.1 Å². The normalized spacial score (nSPS) is 11.7. The molecule has 3 N–H and O–H groups in total. The fourth-order valence-corrected chi connectivity index (χ4v) is 2.67. The Labute approximate surface area is 121 Å². The highest BCUT2D eigenvalue weighted by Gasteiger charge is 2.11. The Bertz CT molecular complexity index is 753. The van der Waals surface area contributed by atoms with E-state index in [1.807, 2.05) is 0 Å². The molecule has 1 aromatic carbocycles. The van der Waals surface area contributed by atoms with Gasteiger partial charge in [0.25, 0.3) is 6.01 Å². The first-order valence-corrected chi connectivity index (χ1v) is 7.91. The predicted molar refractivity (Wildman–Crippen MR) is 76.9 cm³/mol. The maximum Gasteiger partial charge on any atom is 0.335 e. The van der Waals surface area contributed by atoms with Gasteiger partial charge in [0.2, 0.25) is 10.0 Å². The average Bonchev–Trinajstić information content (AvgIpc) is 2.79. The van der Waals surface area contributed by atoms with E-state index in [9.17, 15) is 13.2 Å². The van der Waals surface area contributed by atoms with Crippen molar-refractivity contribution in [2.75, 3.05) is 24.2 Å². The van der Waals surface area contributed by atoms with E-state index in [-0.39, 0.29) is 23.9 Å². The van der Waals surface area contributed by atoms with E-state index in [2.05, 4.69) is 15.0 Å². The van der Waals surface area contributed by atoms with Crippen molar-refractivity contribution in [1.82, 2.24) is 9.71 Å². The lowest BCUT2D eigenvalue weighted by molar-refractivity contribution is 0.0697. The number of nitrogens with one attached hydrogen (secondary N) is 2. The highest BCUT2D eigenvalue weighted by molar-refractivity contribution is 7.89. The van der Waals surface area contributed by atoms with Crippen molar-refractivity contribution >= 4 is 33.1 Å². The molecule has 0 aliphatic rings. The maximum absolute atomic E-state index is 11.4. The molecule has 114 valence electrons. The molecule has 0 aliphatic carbocycles. The van der Waals surface area contributed by atoms with Crippen LogP contribution in [0, 0.1) is 0 Å². The Balaban J connectivity index is 2.05. The molecule has 0 aliphatic heterocycles. The smallest absolute Gasteiger partial charge is 0.335 e. The summed E-state index contributed by atoms with van der Waals surface area (Å²) in [4.78, 5) is 14.9. The van der Waals surface area contributed by atoms with Gasteiger partial charge < -0.3 is 14.8 Å². The van der Waals surface area contributed by atoms with Crippen molar-refractivity contribution in [2.45, 2.75) is 6.92 Å². The van der Waals surface area contributed by atoms with Gasteiger partial charge in [-0.15, -0.1) is 0 Å². The number of carboxylic acids is 1. The fraction of sp³-hybridized carbons (Fsp3) is 0.333. The van der Waals surface area contributed by atoms with Crippen molar-refractivity contribution in [3.8, 4) is 0 Å². The first-order valence-electron chi connectivity index (χ1n) is 6.26. The van der Waals surface area contributed by atoms with Gasteiger partial charge in [-0.05, 0) is 18.2 Å². The second-order valence-electron chi connectivity index (χ2n) is 4.25. The summed E-state index contributed by atoms with van der Waals surface area (Å²) < 4.78 is 30.6. The van der Waals surface area contributed by atoms with E-state index in [4.69, 9.17) is 9.52 Å². The van der Waals surface area contributed by atoms with Crippen molar-refractivity contribution in [1.29, 1.82) is 0 Å². The van der Waals surface area contributed by atoms with Gasteiger partial charge in [0.1, 0.15) is 5.52 Å². The minimum atomic E-state index is -3.31. The summed E-state index contributed by atoms with van der Waals surface area (Å²) in [5.74, 6) is -1.17. The lowest BCUT2D eigenvalue weighted by Crippen LogP contribution is -2.29. The molecule has 0 saturated carbocycles. The van der Waals surface area contributed by atoms with E-state index < -0.39 is 16.0 Å². The van der Waals surface area contributed by atoms with Gasteiger partial charge in [-0.2, -0.15) is 4.98 Å². The number of nitrogens with zero attached hydrogens (tertiary/aromatic N) is 1. The van der Waals surface area contributed by atoms with Crippen LogP contribution in [-0.2, 0) is 10.0 Å². The van der Waals surface area contributed by atoms with E-state index in [1.165, 1.54) is 18.2 Å². The topological polar surface area (TPSA) is 122 Å². The number of rotatable bonds is 7. The van der Waals surface area contributed by atoms with Gasteiger partial charge in [0, 0.05) is 13.1 Å². The Morgan fingerprint density at radius 1 is 1.43 bits per heavy atom. The minimum Gasteiger partial charge on any atom is -0.478 e. The van der Waals surface area contributed by atoms with Crippen LogP contribution in [0.5, 0.6) is 0 Å². The number of benzene rings is 1. The van der Waals surface area contributed by atoms with Crippen molar-refractivity contribution in [3.63, 3.8) is 0 Å². The molecule has 0 atom stereocenters. The molecule has 1 aromatic heterocycles. The number of carbonyl (C=O) groups is 1. The molecule has 0 amide bonds. The maximum atomic E-state index is 11.4. The van der Waals surface area contributed by atoms with Crippen LogP contribution in [0.2, 0.25) is 0 Å². The van der Waals surface area contributed by atoms with Crippen molar-refractivity contribution in [2.24, 2.45) is 0 Å². The van der Waals surface area contributed by atoms with Gasteiger partial charge in [0.15, 0.2) is 5.58 Å². The first-order chi connectivity index (χ1) is 9.91. The second kappa shape index (κ2) is 6.10. The van der Waals surface area contributed by atoms with Crippen LogP contribution >= 0.6 is 0 Å². The second-order valence-corrected chi connectivity index (χ2v) is 6.18. The van der Waals surface area contributed by atoms with Crippen molar-refractivity contribution < 1.29 is 22.7 Å². The van der Waals surface area contributed by atoms with E-state index in [1.54, 1.807) is 6.92 Å². The Morgan fingerprint density at radius 2 is 2.19 bits per heavy atom. The van der Waals surface area contributed by atoms with Crippen molar-refractivity contribution in [3.05, 3.63) is 23.8 Å². The number of sulfonamides is 1. The van der Waals surface area contributed by atoms with E-state index >= 15 is 0 Å². The average molecular weight is 313 g/mol. The monoisotopic (exact) mass is 313 g/mol. The molecule has 0 unspecified atom stereocenters.